The maximum atomic E-state index is 12.4. The van der Waals surface area contributed by atoms with Gasteiger partial charge in [-0.05, 0) is 32.9 Å². The molecule has 0 saturated carbocycles. The Bertz CT molecular complexity index is 952. The number of sulfonamides is 1. The van der Waals surface area contributed by atoms with Crippen LogP contribution in [0.25, 0.3) is 11.3 Å². The number of hydrogen-bond acceptors (Lipinski definition) is 4. The molecule has 0 atom stereocenters. The summed E-state index contributed by atoms with van der Waals surface area (Å²) in [5, 5.41) is 10.9. The van der Waals surface area contributed by atoms with Crippen molar-refractivity contribution in [2.45, 2.75) is 32.2 Å². The molecule has 0 bridgehead atoms. The monoisotopic (exact) mass is 345 g/mol. The predicted octanol–water partition coefficient (Wildman–Crippen LogP) is 2.71. The first kappa shape index (κ1) is 16.3. The third-order valence-corrected chi connectivity index (χ3v) is 4.90. The van der Waals surface area contributed by atoms with Gasteiger partial charge in [-0.2, -0.15) is 10.2 Å². The van der Waals surface area contributed by atoms with E-state index in [1.807, 2.05) is 32.9 Å². The second-order valence-corrected chi connectivity index (χ2v) is 7.36. The van der Waals surface area contributed by atoms with Crippen molar-refractivity contribution in [2.75, 3.05) is 4.72 Å². The molecular weight excluding hydrogens is 326 g/mol. The molecule has 0 aliphatic heterocycles. The van der Waals surface area contributed by atoms with Gasteiger partial charge in [-0.1, -0.05) is 17.2 Å². The Morgan fingerprint density at radius 1 is 1.17 bits per heavy atom. The first-order valence-corrected chi connectivity index (χ1v) is 9.05. The van der Waals surface area contributed by atoms with Crippen LogP contribution in [0.2, 0.25) is 0 Å². The third-order valence-electron chi connectivity index (χ3n) is 3.59. The summed E-state index contributed by atoms with van der Waals surface area (Å²) in [7, 11) is -3.70. The van der Waals surface area contributed by atoms with Crippen molar-refractivity contribution >= 4 is 15.8 Å². The fourth-order valence-corrected chi connectivity index (χ4v) is 3.45. The number of hydrogen-bond donors (Lipinski definition) is 2. The summed E-state index contributed by atoms with van der Waals surface area (Å²) in [6, 6.07) is 7.79. The molecule has 8 heteroatoms. The zero-order chi connectivity index (χ0) is 17.3. The summed E-state index contributed by atoms with van der Waals surface area (Å²) < 4.78 is 28.8. The first-order chi connectivity index (χ1) is 11.4. The Morgan fingerprint density at radius 2 is 1.88 bits per heavy atom. The van der Waals surface area contributed by atoms with Crippen LogP contribution < -0.4 is 4.72 Å². The SMILES string of the molecule is CCn1cc(S(=O)(=O)Nc2cc(-c3cc(C)cc(C)c3)[nH]n2)cn1. The Balaban J connectivity index is 1.85. The van der Waals surface area contributed by atoms with E-state index in [0.717, 1.165) is 22.4 Å². The molecule has 0 fully saturated rings. The lowest BCUT2D eigenvalue weighted by atomic mass is 10.1. The number of nitrogens with zero attached hydrogens (tertiary/aromatic N) is 3. The molecule has 2 N–H and O–H groups in total. The summed E-state index contributed by atoms with van der Waals surface area (Å²) in [5.74, 6) is 0.244. The first-order valence-electron chi connectivity index (χ1n) is 7.57. The van der Waals surface area contributed by atoms with Crippen LogP contribution in [-0.2, 0) is 16.6 Å². The van der Waals surface area contributed by atoms with Gasteiger partial charge in [0.05, 0.1) is 11.9 Å². The normalized spacial score (nSPS) is 11.6. The van der Waals surface area contributed by atoms with Gasteiger partial charge in [0.25, 0.3) is 10.0 Å². The smallest absolute Gasteiger partial charge is 0.266 e. The van der Waals surface area contributed by atoms with Gasteiger partial charge in [0.15, 0.2) is 5.82 Å². The highest BCUT2D eigenvalue weighted by Crippen LogP contribution is 2.23. The summed E-state index contributed by atoms with van der Waals surface area (Å²) >= 11 is 0. The number of benzene rings is 1. The highest BCUT2D eigenvalue weighted by molar-refractivity contribution is 7.92. The van der Waals surface area contributed by atoms with Gasteiger partial charge in [-0.25, -0.2) is 8.42 Å². The minimum atomic E-state index is -3.70. The molecule has 126 valence electrons. The predicted molar refractivity (Wildman–Crippen MR) is 92.2 cm³/mol. The summed E-state index contributed by atoms with van der Waals surface area (Å²) in [5.41, 5.74) is 3.98. The molecule has 0 aliphatic carbocycles. The fourth-order valence-electron chi connectivity index (χ4n) is 2.50. The molecule has 24 heavy (non-hydrogen) atoms. The van der Waals surface area contributed by atoms with Crippen LogP contribution in [0.5, 0.6) is 0 Å². The fraction of sp³-hybridized carbons (Fsp3) is 0.250. The molecular formula is C16H19N5O2S. The summed E-state index contributed by atoms with van der Waals surface area (Å²) in [6.45, 7) is 6.53. The van der Waals surface area contributed by atoms with E-state index in [2.05, 4.69) is 26.1 Å². The lowest BCUT2D eigenvalue weighted by molar-refractivity contribution is 0.600. The zero-order valence-electron chi connectivity index (χ0n) is 13.7. The molecule has 0 amide bonds. The van der Waals surface area contributed by atoms with E-state index in [9.17, 15) is 8.42 Å². The van der Waals surface area contributed by atoms with Crippen molar-refractivity contribution in [3.05, 3.63) is 47.8 Å². The molecule has 2 aromatic heterocycles. The van der Waals surface area contributed by atoms with Gasteiger partial charge in [0.1, 0.15) is 4.90 Å². The van der Waals surface area contributed by atoms with Gasteiger partial charge < -0.3 is 0 Å². The second kappa shape index (κ2) is 6.12. The molecule has 1 aromatic carbocycles. The number of aromatic nitrogens is 4. The number of aromatic amines is 1. The summed E-state index contributed by atoms with van der Waals surface area (Å²) in [6.07, 6.45) is 2.81. The number of aryl methyl sites for hydroxylation is 3. The van der Waals surface area contributed by atoms with E-state index < -0.39 is 10.0 Å². The van der Waals surface area contributed by atoms with E-state index in [1.165, 1.54) is 12.4 Å². The Kier molecular flexibility index (Phi) is 4.15. The largest absolute Gasteiger partial charge is 0.276 e. The van der Waals surface area contributed by atoms with Crippen LogP contribution in [0.3, 0.4) is 0 Å². The minimum absolute atomic E-state index is 0.111. The molecule has 0 aliphatic rings. The quantitative estimate of drug-likeness (QED) is 0.743. The number of nitrogens with one attached hydrogen (secondary N) is 2. The van der Waals surface area contributed by atoms with Crippen molar-refractivity contribution in [2.24, 2.45) is 0 Å². The topological polar surface area (TPSA) is 92.7 Å². The van der Waals surface area contributed by atoms with Crippen LogP contribution in [-0.4, -0.2) is 28.4 Å². The lowest BCUT2D eigenvalue weighted by Gasteiger charge is -2.02. The van der Waals surface area contributed by atoms with Crippen LogP contribution in [0, 0.1) is 13.8 Å². The van der Waals surface area contributed by atoms with Crippen molar-refractivity contribution in [1.82, 2.24) is 20.0 Å². The van der Waals surface area contributed by atoms with Crippen molar-refractivity contribution < 1.29 is 8.42 Å². The van der Waals surface area contributed by atoms with Gasteiger partial charge in [0.2, 0.25) is 0 Å². The molecule has 2 heterocycles. The van der Waals surface area contributed by atoms with E-state index >= 15 is 0 Å². The lowest BCUT2D eigenvalue weighted by Crippen LogP contribution is -2.12. The Morgan fingerprint density at radius 3 is 2.50 bits per heavy atom. The van der Waals surface area contributed by atoms with E-state index in [1.54, 1.807) is 10.7 Å². The standard InChI is InChI=1S/C16H19N5O2S/c1-4-21-10-14(9-17-21)24(22,23)20-16-8-15(18-19-16)13-6-11(2)5-12(3)7-13/h5-10H,4H2,1-3H3,(H2,18,19,20). The molecule has 7 nitrogen and oxygen atoms in total. The number of anilines is 1. The second-order valence-electron chi connectivity index (χ2n) is 5.68. The van der Waals surface area contributed by atoms with Gasteiger partial charge >= 0.3 is 0 Å². The molecule has 3 rings (SSSR count). The maximum Gasteiger partial charge on any atom is 0.266 e. The van der Waals surface area contributed by atoms with Crippen molar-refractivity contribution in [3.8, 4) is 11.3 Å². The van der Waals surface area contributed by atoms with Crippen LogP contribution in [0.15, 0.2) is 41.6 Å². The van der Waals surface area contributed by atoms with Crippen LogP contribution in [0.1, 0.15) is 18.1 Å². The molecule has 0 radical (unpaired) electrons. The van der Waals surface area contributed by atoms with Crippen molar-refractivity contribution in [1.29, 1.82) is 0 Å². The third kappa shape index (κ3) is 3.33. The number of H-pyrrole nitrogens is 1. The van der Waals surface area contributed by atoms with E-state index in [-0.39, 0.29) is 10.7 Å². The zero-order valence-corrected chi connectivity index (χ0v) is 14.6. The van der Waals surface area contributed by atoms with Crippen molar-refractivity contribution in [3.63, 3.8) is 0 Å². The average molecular weight is 345 g/mol. The van der Waals surface area contributed by atoms with Gasteiger partial charge in [-0.15, -0.1) is 0 Å². The maximum absolute atomic E-state index is 12.4. The summed E-state index contributed by atoms with van der Waals surface area (Å²) in [4.78, 5) is 0.111. The van der Waals surface area contributed by atoms with Gasteiger partial charge in [-0.3, -0.25) is 14.5 Å². The molecule has 0 spiro atoms. The Hall–Kier alpha value is -2.61. The van der Waals surface area contributed by atoms with Gasteiger partial charge in [0, 0.05) is 24.4 Å². The Labute approximate surface area is 140 Å². The van der Waals surface area contributed by atoms with Crippen LogP contribution >= 0.6 is 0 Å². The van der Waals surface area contributed by atoms with E-state index in [4.69, 9.17) is 0 Å². The van der Waals surface area contributed by atoms with E-state index in [0.29, 0.717) is 6.54 Å². The van der Waals surface area contributed by atoms with Crippen LogP contribution in [0.4, 0.5) is 5.82 Å². The average Bonchev–Trinajstić information content (AvgIpc) is 3.14. The molecule has 0 saturated heterocycles. The highest BCUT2D eigenvalue weighted by Gasteiger charge is 2.18. The highest BCUT2D eigenvalue weighted by atomic mass is 32.2. The molecule has 0 unspecified atom stereocenters. The molecule has 3 aromatic rings. The minimum Gasteiger partial charge on any atom is -0.276 e. The number of rotatable bonds is 5.